The summed E-state index contributed by atoms with van der Waals surface area (Å²) < 4.78 is 0. The van der Waals surface area contributed by atoms with Crippen molar-refractivity contribution >= 4 is 5.78 Å². The van der Waals surface area contributed by atoms with Crippen LogP contribution in [-0.2, 0) is 0 Å². The quantitative estimate of drug-likeness (QED) is 0.634. The largest absolute Gasteiger partial charge is 0.504 e. The molecule has 1 heterocycles. The van der Waals surface area contributed by atoms with Crippen LogP contribution in [0.25, 0.3) is 0 Å². The van der Waals surface area contributed by atoms with E-state index < -0.39 is 0 Å². The Morgan fingerprint density at radius 3 is 2.83 bits per heavy atom. The highest BCUT2D eigenvalue weighted by molar-refractivity contribution is 5.98. The molecule has 4 heteroatoms. The molecule has 0 aromatic heterocycles. The number of hydrogen-bond donors (Lipinski definition) is 2. The van der Waals surface area contributed by atoms with E-state index in [2.05, 4.69) is 11.8 Å². The van der Waals surface area contributed by atoms with Crippen molar-refractivity contribution in [2.24, 2.45) is 0 Å². The summed E-state index contributed by atoms with van der Waals surface area (Å²) in [6, 6.07) is 4.73. The van der Waals surface area contributed by atoms with Gasteiger partial charge >= 0.3 is 0 Å². The normalized spacial score (nSPS) is 20.2. The highest BCUT2D eigenvalue weighted by atomic mass is 16.3. The number of hydrogen-bond acceptors (Lipinski definition) is 4. The van der Waals surface area contributed by atoms with E-state index in [9.17, 15) is 15.0 Å². The molecular weight excluding hydrogens is 230 g/mol. The van der Waals surface area contributed by atoms with E-state index in [4.69, 9.17) is 0 Å². The van der Waals surface area contributed by atoms with Gasteiger partial charge in [-0.1, -0.05) is 6.92 Å². The van der Waals surface area contributed by atoms with Crippen LogP contribution in [0, 0.1) is 0 Å². The first-order chi connectivity index (χ1) is 8.61. The Balaban J connectivity index is 2.05. The van der Waals surface area contributed by atoms with Crippen molar-refractivity contribution in [3.05, 3.63) is 23.8 Å². The minimum absolute atomic E-state index is 0.00866. The Kier molecular flexibility index (Phi) is 3.87. The average molecular weight is 249 g/mol. The summed E-state index contributed by atoms with van der Waals surface area (Å²) in [5.41, 5.74) is 0.451. The molecule has 2 rings (SSSR count). The van der Waals surface area contributed by atoms with Gasteiger partial charge in [-0.2, -0.15) is 0 Å². The summed E-state index contributed by atoms with van der Waals surface area (Å²) in [6.45, 7) is 3.50. The van der Waals surface area contributed by atoms with E-state index in [-0.39, 0.29) is 17.3 Å². The number of Topliss-reactive ketones (excluding diaryl/α,β-unsaturated/α-hetero) is 1. The van der Waals surface area contributed by atoms with E-state index >= 15 is 0 Å². The smallest absolute Gasteiger partial charge is 0.176 e. The lowest BCUT2D eigenvalue weighted by atomic mass is 10.1. The predicted octanol–water partition coefficient (Wildman–Crippen LogP) is 2.15. The summed E-state index contributed by atoms with van der Waals surface area (Å²) in [7, 11) is 0. The number of benzene rings is 1. The van der Waals surface area contributed by atoms with E-state index in [0.29, 0.717) is 18.2 Å². The van der Waals surface area contributed by atoms with Gasteiger partial charge in [-0.25, -0.2) is 0 Å². The van der Waals surface area contributed by atoms with Crippen LogP contribution in [0.4, 0.5) is 0 Å². The van der Waals surface area contributed by atoms with Crippen molar-refractivity contribution in [3.8, 4) is 11.5 Å². The third-order valence-corrected chi connectivity index (χ3v) is 3.61. The lowest BCUT2D eigenvalue weighted by Gasteiger charge is -2.22. The van der Waals surface area contributed by atoms with Gasteiger partial charge in [0.1, 0.15) is 0 Å². The molecule has 1 unspecified atom stereocenters. The first kappa shape index (κ1) is 12.9. The topological polar surface area (TPSA) is 60.8 Å². The van der Waals surface area contributed by atoms with Crippen LogP contribution < -0.4 is 0 Å². The number of rotatable bonds is 4. The molecule has 1 aromatic carbocycles. The molecule has 1 fully saturated rings. The molecule has 0 bridgehead atoms. The van der Waals surface area contributed by atoms with Gasteiger partial charge in [0.25, 0.3) is 0 Å². The van der Waals surface area contributed by atoms with Gasteiger partial charge in [0, 0.05) is 11.6 Å². The van der Waals surface area contributed by atoms with Crippen LogP contribution in [0.15, 0.2) is 18.2 Å². The Morgan fingerprint density at radius 2 is 2.17 bits per heavy atom. The first-order valence-corrected chi connectivity index (χ1v) is 6.41. The second kappa shape index (κ2) is 5.40. The van der Waals surface area contributed by atoms with Crippen LogP contribution in [0.2, 0.25) is 0 Å². The maximum absolute atomic E-state index is 12.1. The van der Waals surface area contributed by atoms with E-state index in [1.54, 1.807) is 6.07 Å². The Labute approximate surface area is 107 Å². The molecule has 1 aromatic rings. The third kappa shape index (κ3) is 2.64. The minimum Gasteiger partial charge on any atom is -0.504 e. The summed E-state index contributed by atoms with van der Waals surface area (Å²) in [4.78, 5) is 14.3. The highest BCUT2D eigenvalue weighted by Gasteiger charge is 2.25. The molecule has 0 aliphatic carbocycles. The lowest BCUT2D eigenvalue weighted by molar-refractivity contribution is 0.0920. The fourth-order valence-corrected chi connectivity index (χ4v) is 2.54. The monoisotopic (exact) mass is 249 g/mol. The van der Waals surface area contributed by atoms with Gasteiger partial charge in [-0.15, -0.1) is 0 Å². The van der Waals surface area contributed by atoms with Crippen molar-refractivity contribution in [1.29, 1.82) is 0 Å². The maximum atomic E-state index is 12.1. The molecule has 0 saturated carbocycles. The molecule has 4 nitrogen and oxygen atoms in total. The van der Waals surface area contributed by atoms with Gasteiger partial charge in [0.05, 0.1) is 6.54 Å². The Morgan fingerprint density at radius 1 is 1.39 bits per heavy atom. The summed E-state index contributed by atoms with van der Waals surface area (Å²) in [6.07, 6.45) is 3.37. The molecule has 1 aliphatic heterocycles. The lowest BCUT2D eigenvalue weighted by Crippen LogP contribution is -2.33. The predicted molar refractivity (Wildman–Crippen MR) is 69.0 cm³/mol. The number of phenolic OH excluding ortho intramolecular Hbond substituents is 2. The number of nitrogens with zero attached hydrogens (tertiary/aromatic N) is 1. The number of phenols is 2. The molecule has 1 saturated heterocycles. The van der Waals surface area contributed by atoms with Crippen molar-refractivity contribution in [3.63, 3.8) is 0 Å². The average Bonchev–Trinajstić information content (AvgIpc) is 2.79. The molecule has 0 amide bonds. The fraction of sp³-hybridized carbons (Fsp3) is 0.500. The zero-order chi connectivity index (χ0) is 13.1. The SMILES string of the molecule is CCC1CCCN1CC(=O)c1ccc(O)c(O)c1. The minimum atomic E-state index is -0.241. The molecule has 1 aliphatic rings. The van der Waals surface area contributed by atoms with Crippen molar-refractivity contribution in [2.75, 3.05) is 13.1 Å². The fourth-order valence-electron chi connectivity index (χ4n) is 2.54. The van der Waals surface area contributed by atoms with E-state index in [0.717, 1.165) is 25.8 Å². The van der Waals surface area contributed by atoms with Crippen LogP contribution in [0.3, 0.4) is 0 Å². The molecule has 0 radical (unpaired) electrons. The molecule has 1 atom stereocenters. The number of likely N-dealkylation sites (tertiary alicyclic amines) is 1. The maximum Gasteiger partial charge on any atom is 0.176 e. The van der Waals surface area contributed by atoms with E-state index in [1.165, 1.54) is 12.1 Å². The van der Waals surface area contributed by atoms with Crippen LogP contribution in [-0.4, -0.2) is 40.0 Å². The number of ketones is 1. The zero-order valence-electron chi connectivity index (χ0n) is 10.6. The van der Waals surface area contributed by atoms with Crippen LogP contribution in [0.1, 0.15) is 36.5 Å². The Bertz CT molecular complexity index is 445. The molecular formula is C14H19NO3. The summed E-state index contributed by atoms with van der Waals surface area (Å²) in [5, 5.41) is 18.6. The Hall–Kier alpha value is -1.55. The van der Waals surface area contributed by atoms with Crippen LogP contribution >= 0.6 is 0 Å². The zero-order valence-corrected chi connectivity index (χ0v) is 10.6. The second-order valence-corrected chi connectivity index (χ2v) is 4.80. The standard InChI is InChI=1S/C14H19NO3/c1-2-11-4-3-7-15(11)9-14(18)10-5-6-12(16)13(17)8-10/h5-6,8,11,16-17H,2-4,7,9H2,1H3. The summed E-state index contributed by atoms with van der Waals surface area (Å²) in [5.74, 6) is -0.445. The van der Waals surface area contributed by atoms with Crippen molar-refractivity contribution in [1.82, 2.24) is 4.90 Å². The molecule has 2 N–H and O–H groups in total. The van der Waals surface area contributed by atoms with Gasteiger partial charge in [0.2, 0.25) is 0 Å². The summed E-state index contributed by atoms with van der Waals surface area (Å²) >= 11 is 0. The number of aromatic hydroxyl groups is 2. The van der Waals surface area contributed by atoms with Crippen molar-refractivity contribution in [2.45, 2.75) is 32.2 Å². The highest BCUT2D eigenvalue weighted by Crippen LogP contribution is 2.26. The van der Waals surface area contributed by atoms with Crippen LogP contribution in [0.5, 0.6) is 11.5 Å². The molecule has 98 valence electrons. The van der Waals surface area contributed by atoms with Gasteiger partial charge < -0.3 is 10.2 Å². The first-order valence-electron chi connectivity index (χ1n) is 6.41. The number of carbonyl (C=O) groups excluding carboxylic acids is 1. The van der Waals surface area contributed by atoms with Gasteiger partial charge in [-0.05, 0) is 44.0 Å². The molecule has 18 heavy (non-hydrogen) atoms. The van der Waals surface area contributed by atoms with Crippen molar-refractivity contribution < 1.29 is 15.0 Å². The number of carbonyl (C=O) groups is 1. The van der Waals surface area contributed by atoms with Gasteiger partial charge in [-0.3, -0.25) is 9.69 Å². The van der Waals surface area contributed by atoms with Gasteiger partial charge in [0.15, 0.2) is 17.3 Å². The second-order valence-electron chi connectivity index (χ2n) is 4.80. The van der Waals surface area contributed by atoms with E-state index in [1.807, 2.05) is 0 Å². The molecule has 0 spiro atoms. The third-order valence-electron chi connectivity index (χ3n) is 3.61.